The Kier molecular flexibility index (Phi) is 4.20. The third-order valence-corrected chi connectivity index (χ3v) is 3.33. The average Bonchev–Trinajstić information content (AvgIpc) is 2.18. The smallest absolute Gasteiger partial charge is 0.307 e. The number of hydrogen-bond acceptors (Lipinski definition) is 2. The number of carboxylic acids is 1. The number of nitrogen functional groups attached to an aromatic ring is 1. The van der Waals surface area contributed by atoms with Gasteiger partial charge in [-0.15, -0.1) is 5.54 Å². The Morgan fingerprint density at radius 2 is 2.00 bits per heavy atom. The first-order valence-electron chi connectivity index (χ1n) is 5.83. The van der Waals surface area contributed by atoms with Gasteiger partial charge in [-0.25, -0.2) is 0 Å². The van der Waals surface area contributed by atoms with E-state index in [2.05, 4.69) is 31.1 Å². The highest BCUT2D eigenvalue weighted by molar-refractivity contribution is 6.83. The monoisotopic (exact) mass is 261 g/mol. The quantitative estimate of drug-likeness (QED) is 0.488. The lowest BCUT2D eigenvalue weighted by atomic mass is 9.99. The summed E-state index contributed by atoms with van der Waals surface area (Å²) in [6.45, 7) is 8.39. The van der Waals surface area contributed by atoms with Crippen LogP contribution in [0.1, 0.15) is 16.7 Å². The molecule has 0 aliphatic heterocycles. The lowest BCUT2D eigenvalue weighted by Crippen LogP contribution is -2.16. The van der Waals surface area contributed by atoms with Crippen molar-refractivity contribution in [1.29, 1.82) is 0 Å². The van der Waals surface area contributed by atoms with Crippen molar-refractivity contribution in [2.24, 2.45) is 0 Å². The van der Waals surface area contributed by atoms with Crippen LogP contribution in [-0.2, 0) is 11.2 Å². The fourth-order valence-electron chi connectivity index (χ4n) is 1.53. The minimum atomic E-state index is -1.45. The van der Waals surface area contributed by atoms with Crippen LogP contribution in [0.2, 0.25) is 19.6 Å². The fourth-order valence-corrected chi connectivity index (χ4v) is 2.04. The fraction of sp³-hybridized carbons (Fsp3) is 0.357. The standard InChI is InChI=1S/C14H19NO2Si/c1-10-11(5-6-18(2,3)4)7-13(15)8-12(10)9-14(16)17/h7-8H,9,15H2,1-4H3,(H,16,17). The van der Waals surface area contributed by atoms with Gasteiger partial charge in [0.15, 0.2) is 0 Å². The van der Waals surface area contributed by atoms with E-state index in [1.807, 2.05) is 13.0 Å². The second kappa shape index (κ2) is 5.28. The van der Waals surface area contributed by atoms with Gasteiger partial charge in [0.1, 0.15) is 8.07 Å². The van der Waals surface area contributed by atoms with E-state index in [1.165, 1.54) is 0 Å². The van der Waals surface area contributed by atoms with Crippen molar-refractivity contribution in [2.45, 2.75) is 33.0 Å². The van der Waals surface area contributed by atoms with Gasteiger partial charge in [-0.3, -0.25) is 4.79 Å². The first-order chi connectivity index (χ1) is 8.19. The third kappa shape index (κ3) is 4.26. The summed E-state index contributed by atoms with van der Waals surface area (Å²) in [7, 11) is -1.45. The van der Waals surface area contributed by atoms with Crippen molar-refractivity contribution >= 4 is 19.7 Å². The van der Waals surface area contributed by atoms with Crippen LogP contribution in [0.3, 0.4) is 0 Å². The first kappa shape index (κ1) is 14.3. The predicted octanol–water partition coefficient (Wildman–Crippen LogP) is 2.43. The van der Waals surface area contributed by atoms with E-state index in [-0.39, 0.29) is 6.42 Å². The molecule has 0 saturated heterocycles. The molecular formula is C14H19NO2Si. The predicted molar refractivity (Wildman–Crippen MR) is 77.2 cm³/mol. The summed E-state index contributed by atoms with van der Waals surface area (Å²) in [5, 5.41) is 8.86. The van der Waals surface area contributed by atoms with E-state index in [0.717, 1.165) is 16.7 Å². The molecule has 1 aromatic rings. The van der Waals surface area contributed by atoms with Crippen molar-refractivity contribution in [3.63, 3.8) is 0 Å². The molecule has 4 heteroatoms. The highest BCUT2D eigenvalue weighted by Gasteiger charge is 2.10. The van der Waals surface area contributed by atoms with E-state index in [9.17, 15) is 4.79 Å². The number of carboxylic acid groups (broad SMARTS) is 1. The van der Waals surface area contributed by atoms with E-state index in [1.54, 1.807) is 6.07 Å². The summed E-state index contributed by atoms with van der Waals surface area (Å²) in [6.07, 6.45) is -0.0154. The summed E-state index contributed by atoms with van der Waals surface area (Å²) in [5.74, 6) is 2.29. The molecule has 96 valence electrons. The van der Waals surface area contributed by atoms with Gasteiger partial charge >= 0.3 is 5.97 Å². The maximum absolute atomic E-state index is 10.8. The van der Waals surface area contributed by atoms with Crippen molar-refractivity contribution < 1.29 is 9.90 Å². The Morgan fingerprint density at radius 3 is 2.50 bits per heavy atom. The van der Waals surface area contributed by atoms with Gasteiger partial charge in [0.05, 0.1) is 6.42 Å². The molecule has 3 N–H and O–H groups in total. The Balaban J connectivity index is 3.24. The van der Waals surface area contributed by atoms with Crippen molar-refractivity contribution in [3.8, 4) is 11.5 Å². The minimum Gasteiger partial charge on any atom is -0.481 e. The molecule has 0 unspecified atom stereocenters. The van der Waals surface area contributed by atoms with Gasteiger partial charge in [0, 0.05) is 11.3 Å². The normalized spacial score (nSPS) is 10.7. The zero-order valence-corrected chi connectivity index (χ0v) is 12.3. The van der Waals surface area contributed by atoms with Crippen molar-refractivity contribution in [2.75, 3.05) is 5.73 Å². The van der Waals surface area contributed by atoms with Crippen LogP contribution >= 0.6 is 0 Å². The molecule has 0 spiro atoms. The highest BCUT2D eigenvalue weighted by atomic mass is 28.3. The Labute approximate surface area is 109 Å². The highest BCUT2D eigenvalue weighted by Crippen LogP contribution is 2.19. The zero-order chi connectivity index (χ0) is 13.9. The van der Waals surface area contributed by atoms with Gasteiger partial charge in [0.2, 0.25) is 0 Å². The lowest BCUT2D eigenvalue weighted by Gasteiger charge is -2.09. The molecule has 0 aliphatic rings. The topological polar surface area (TPSA) is 63.3 Å². The Bertz CT molecular complexity index is 533. The molecular weight excluding hydrogens is 242 g/mol. The summed E-state index contributed by atoms with van der Waals surface area (Å²) >= 11 is 0. The molecule has 0 fully saturated rings. The number of aliphatic carboxylic acids is 1. The average molecular weight is 261 g/mol. The number of anilines is 1. The van der Waals surface area contributed by atoms with E-state index < -0.39 is 14.0 Å². The van der Waals surface area contributed by atoms with E-state index in [0.29, 0.717) is 5.69 Å². The molecule has 0 heterocycles. The number of carbonyl (C=O) groups is 1. The molecule has 0 bridgehead atoms. The van der Waals surface area contributed by atoms with Gasteiger partial charge in [-0.05, 0) is 30.2 Å². The van der Waals surface area contributed by atoms with Crippen molar-refractivity contribution in [1.82, 2.24) is 0 Å². The van der Waals surface area contributed by atoms with Crippen LogP contribution < -0.4 is 5.73 Å². The molecule has 0 amide bonds. The Morgan fingerprint density at radius 1 is 1.39 bits per heavy atom. The summed E-state index contributed by atoms with van der Waals surface area (Å²) < 4.78 is 0. The van der Waals surface area contributed by atoms with Gasteiger partial charge in [-0.2, -0.15) is 0 Å². The van der Waals surface area contributed by atoms with Gasteiger partial charge in [-0.1, -0.05) is 25.6 Å². The van der Waals surface area contributed by atoms with E-state index >= 15 is 0 Å². The molecule has 0 saturated carbocycles. The van der Waals surface area contributed by atoms with Crippen LogP contribution in [0.15, 0.2) is 12.1 Å². The molecule has 0 aromatic heterocycles. The number of rotatable bonds is 2. The molecule has 1 aromatic carbocycles. The van der Waals surface area contributed by atoms with Crippen LogP contribution in [0, 0.1) is 18.4 Å². The molecule has 3 nitrogen and oxygen atoms in total. The number of hydrogen-bond donors (Lipinski definition) is 2. The first-order valence-corrected chi connectivity index (χ1v) is 9.33. The van der Waals surface area contributed by atoms with Crippen LogP contribution in [0.5, 0.6) is 0 Å². The summed E-state index contributed by atoms with van der Waals surface area (Å²) in [4.78, 5) is 10.8. The third-order valence-electron chi connectivity index (χ3n) is 2.45. The maximum Gasteiger partial charge on any atom is 0.307 e. The molecule has 1 rings (SSSR count). The largest absolute Gasteiger partial charge is 0.481 e. The lowest BCUT2D eigenvalue weighted by molar-refractivity contribution is -0.136. The second-order valence-corrected chi connectivity index (χ2v) is 10.2. The Hall–Kier alpha value is -1.73. The van der Waals surface area contributed by atoms with Gasteiger partial charge in [0.25, 0.3) is 0 Å². The summed E-state index contributed by atoms with van der Waals surface area (Å²) in [6, 6.07) is 3.52. The van der Waals surface area contributed by atoms with Crippen LogP contribution in [0.4, 0.5) is 5.69 Å². The van der Waals surface area contributed by atoms with Gasteiger partial charge < -0.3 is 10.8 Å². The molecule has 0 radical (unpaired) electrons. The number of nitrogens with two attached hydrogens (primary N) is 1. The zero-order valence-electron chi connectivity index (χ0n) is 11.3. The van der Waals surface area contributed by atoms with Crippen molar-refractivity contribution in [3.05, 3.63) is 28.8 Å². The van der Waals surface area contributed by atoms with Crippen LogP contribution in [0.25, 0.3) is 0 Å². The molecule has 0 atom stereocenters. The SMILES string of the molecule is Cc1c(C#C[Si](C)(C)C)cc(N)cc1CC(=O)O. The molecule has 0 aliphatic carbocycles. The van der Waals surface area contributed by atoms with Crippen LogP contribution in [-0.4, -0.2) is 19.1 Å². The minimum absolute atomic E-state index is 0.0154. The second-order valence-electron chi connectivity index (χ2n) is 5.42. The van der Waals surface area contributed by atoms with E-state index in [4.69, 9.17) is 10.8 Å². The summed E-state index contributed by atoms with van der Waals surface area (Å²) in [5.41, 5.74) is 12.1. The number of benzene rings is 1. The maximum atomic E-state index is 10.8. The molecule has 18 heavy (non-hydrogen) atoms.